The number of carboxylic acids is 1. The number of carboxylic acid groups (broad SMARTS) is 1. The number of hydrogen-bond donors (Lipinski definition) is 1. The lowest BCUT2D eigenvalue weighted by molar-refractivity contribution is -0.140. The van der Waals surface area contributed by atoms with E-state index in [1.165, 1.54) is 4.31 Å². The number of benzene rings is 1. The lowest BCUT2D eigenvalue weighted by Crippen LogP contribution is -2.37. The summed E-state index contributed by atoms with van der Waals surface area (Å²) >= 11 is 0. The lowest BCUT2D eigenvalue weighted by atomic mass is 10.0. The van der Waals surface area contributed by atoms with Crippen LogP contribution in [0.2, 0.25) is 0 Å². The molecule has 0 aromatic heterocycles. The third kappa shape index (κ3) is 4.61. The highest BCUT2D eigenvalue weighted by Crippen LogP contribution is 2.14. The third-order valence-corrected chi connectivity index (χ3v) is 5.31. The van der Waals surface area contributed by atoms with Crippen LogP contribution in [0.1, 0.15) is 19.4 Å². The van der Waals surface area contributed by atoms with Crippen LogP contribution >= 0.6 is 0 Å². The molecule has 0 aliphatic carbocycles. The van der Waals surface area contributed by atoms with E-state index in [1.807, 2.05) is 18.2 Å². The standard InChI is InChI=1S/C14H21NO4S/c1-3-15(4-2)20(18,19)11-13(14(16)17)10-12-8-6-5-7-9-12/h5-9,13H,3-4,10-11H2,1-2H3,(H,16,17)/t13-/m1/s1. The van der Waals surface area contributed by atoms with E-state index in [4.69, 9.17) is 0 Å². The van der Waals surface area contributed by atoms with Crippen LogP contribution in [0.15, 0.2) is 30.3 Å². The summed E-state index contributed by atoms with van der Waals surface area (Å²) in [4.78, 5) is 11.3. The molecule has 1 N–H and O–H groups in total. The first-order valence-electron chi connectivity index (χ1n) is 6.65. The third-order valence-electron chi connectivity index (χ3n) is 3.18. The van der Waals surface area contributed by atoms with Crippen LogP contribution in [0.3, 0.4) is 0 Å². The first-order valence-corrected chi connectivity index (χ1v) is 8.26. The quantitative estimate of drug-likeness (QED) is 0.791. The highest BCUT2D eigenvalue weighted by Gasteiger charge is 2.28. The summed E-state index contributed by atoms with van der Waals surface area (Å²) in [6, 6.07) is 9.08. The van der Waals surface area contributed by atoms with Gasteiger partial charge in [-0.25, -0.2) is 12.7 Å². The highest BCUT2D eigenvalue weighted by molar-refractivity contribution is 7.89. The van der Waals surface area contributed by atoms with Crippen LogP contribution in [-0.2, 0) is 21.2 Å². The second-order valence-electron chi connectivity index (χ2n) is 4.59. The van der Waals surface area contributed by atoms with E-state index in [9.17, 15) is 18.3 Å². The number of sulfonamides is 1. The van der Waals surface area contributed by atoms with Crippen LogP contribution in [0.5, 0.6) is 0 Å². The lowest BCUT2D eigenvalue weighted by Gasteiger charge is -2.21. The molecule has 5 nitrogen and oxygen atoms in total. The van der Waals surface area contributed by atoms with Crippen LogP contribution in [-0.4, -0.2) is 42.6 Å². The van der Waals surface area contributed by atoms with E-state index in [-0.39, 0.29) is 12.2 Å². The Balaban J connectivity index is 2.86. The summed E-state index contributed by atoms with van der Waals surface area (Å²) in [5.74, 6) is -2.37. The van der Waals surface area contributed by atoms with Crippen molar-refractivity contribution in [1.82, 2.24) is 4.31 Å². The molecule has 0 spiro atoms. The maximum Gasteiger partial charge on any atom is 0.307 e. The number of aliphatic carboxylic acids is 1. The zero-order chi connectivity index (χ0) is 15.2. The molecule has 112 valence electrons. The highest BCUT2D eigenvalue weighted by atomic mass is 32.2. The van der Waals surface area contributed by atoms with E-state index in [0.717, 1.165) is 5.56 Å². The predicted molar refractivity (Wildman–Crippen MR) is 78.0 cm³/mol. The maximum absolute atomic E-state index is 12.2. The van der Waals surface area contributed by atoms with Crippen molar-refractivity contribution in [3.63, 3.8) is 0 Å². The molecule has 0 saturated heterocycles. The molecule has 0 unspecified atom stereocenters. The SMILES string of the molecule is CCN(CC)S(=O)(=O)C[C@@H](Cc1ccccc1)C(=O)O. The molecule has 0 heterocycles. The van der Waals surface area contributed by atoms with Crippen molar-refractivity contribution in [2.75, 3.05) is 18.8 Å². The van der Waals surface area contributed by atoms with Crippen LogP contribution in [0.25, 0.3) is 0 Å². The molecule has 20 heavy (non-hydrogen) atoms. The summed E-state index contributed by atoms with van der Waals surface area (Å²) in [6.07, 6.45) is 0.219. The second-order valence-corrected chi connectivity index (χ2v) is 6.60. The van der Waals surface area contributed by atoms with Gasteiger partial charge in [-0.05, 0) is 12.0 Å². The Labute approximate surface area is 120 Å². The summed E-state index contributed by atoms with van der Waals surface area (Å²) in [5, 5.41) is 9.24. The summed E-state index contributed by atoms with van der Waals surface area (Å²) in [7, 11) is -3.53. The van der Waals surface area contributed by atoms with Crippen molar-refractivity contribution in [3.8, 4) is 0 Å². The maximum atomic E-state index is 12.2. The molecular formula is C14H21NO4S. The Morgan fingerprint density at radius 1 is 1.20 bits per heavy atom. The molecular weight excluding hydrogens is 278 g/mol. The van der Waals surface area contributed by atoms with Gasteiger partial charge in [0.05, 0.1) is 11.7 Å². The van der Waals surface area contributed by atoms with E-state index in [2.05, 4.69) is 0 Å². The van der Waals surface area contributed by atoms with Crippen molar-refractivity contribution in [1.29, 1.82) is 0 Å². The van der Waals surface area contributed by atoms with E-state index < -0.39 is 21.9 Å². The van der Waals surface area contributed by atoms with E-state index in [0.29, 0.717) is 13.1 Å². The molecule has 0 aliphatic heterocycles. The van der Waals surface area contributed by atoms with Gasteiger partial charge in [-0.1, -0.05) is 44.2 Å². The average molecular weight is 299 g/mol. The topological polar surface area (TPSA) is 74.7 Å². The van der Waals surface area contributed by atoms with Gasteiger partial charge in [-0.15, -0.1) is 0 Å². The molecule has 1 aromatic rings. The Bertz CT molecular complexity index is 523. The molecule has 0 radical (unpaired) electrons. The molecule has 1 rings (SSSR count). The van der Waals surface area contributed by atoms with Crippen LogP contribution < -0.4 is 0 Å². The van der Waals surface area contributed by atoms with Gasteiger partial charge >= 0.3 is 5.97 Å². The molecule has 0 amide bonds. The average Bonchev–Trinajstić information content (AvgIpc) is 2.39. The van der Waals surface area contributed by atoms with Gasteiger partial charge in [0.15, 0.2) is 0 Å². The van der Waals surface area contributed by atoms with Gasteiger partial charge < -0.3 is 5.11 Å². The minimum absolute atomic E-state index is 0.219. The Morgan fingerprint density at radius 3 is 2.20 bits per heavy atom. The van der Waals surface area contributed by atoms with Crippen LogP contribution in [0.4, 0.5) is 0 Å². The van der Waals surface area contributed by atoms with Crippen molar-refractivity contribution in [2.24, 2.45) is 5.92 Å². The Hall–Kier alpha value is -1.40. The summed E-state index contributed by atoms with van der Waals surface area (Å²) in [6.45, 7) is 4.20. The van der Waals surface area contributed by atoms with E-state index in [1.54, 1.807) is 26.0 Å². The van der Waals surface area contributed by atoms with Gasteiger partial charge in [0.2, 0.25) is 10.0 Å². The predicted octanol–water partition coefficient (Wildman–Crippen LogP) is 1.60. The van der Waals surface area contributed by atoms with Crippen LogP contribution in [0, 0.1) is 5.92 Å². The smallest absolute Gasteiger partial charge is 0.307 e. The van der Waals surface area contributed by atoms with Crippen molar-refractivity contribution >= 4 is 16.0 Å². The van der Waals surface area contributed by atoms with E-state index >= 15 is 0 Å². The number of hydrogen-bond acceptors (Lipinski definition) is 3. The van der Waals surface area contributed by atoms with Crippen molar-refractivity contribution < 1.29 is 18.3 Å². The summed E-state index contributed by atoms with van der Waals surface area (Å²) in [5.41, 5.74) is 0.828. The fourth-order valence-corrected chi connectivity index (χ4v) is 3.86. The Kier molecular flexibility index (Phi) is 6.16. The van der Waals surface area contributed by atoms with Gasteiger partial charge in [0.1, 0.15) is 0 Å². The van der Waals surface area contributed by atoms with Gasteiger partial charge in [-0.3, -0.25) is 4.79 Å². The molecule has 6 heteroatoms. The monoisotopic (exact) mass is 299 g/mol. The number of carbonyl (C=O) groups is 1. The molecule has 0 saturated carbocycles. The second kappa shape index (κ2) is 7.40. The first-order chi connectivity index (χ1) is 9.40. The molecule has 0 bridgehead atoms. The van der Waals surface area contributed by atoms with Gasteiger partial charge in [0, 0.05) is 13.1 Å². The molecule has 0 fully saturated rings. The van der Waals surface area contributed by atoms with Gasteiger partial charge in [-0.2, -0.15) is 0 Å². The van der Waals surface area contributed by atoms with Gasteiger partial charge in [0.25, 0.3) is 0 Å². The number of rotatable bonds is 8. The fourth-order valence-electron chi connectivity index (χ4n) is 2.09. The molecule has 1 atom stereocenters. The zero-order valence-electron chi connectivity index (χ0n) is 11.8. The fraction of sp³-hybridized carbons (Fsp3) is 0.500. The minimum atomic E-state index is -3.53. The zero-order valence-corrected chi connectivity index (χ0v) is 12.6. The molecule has 0 aliphatic rings. The summed E-state index contributed by atoms with van der Waals surface area (Å²) < 4.78 is 25.6. The first kappa shape index (κ1) is 16.7. The van der Waals surface area contributed by atoms with Crippen molar-refractivity contribution in [2.45, 2.75) is 20.3 Å². The van der Waals surface area contributed by atoms with Crippen molar-refractivity contribution in [3.05, 3.63) is 35.9 Å². The Morgan fingerprint density at radius 2 is 1.75 bits per heavy atom. The number of nitrogens with zero attached hydrogens (tertiary/aromatic N) is 1. The largest absolute Gasteiger partial charge is 0.481 e. The normalized spacial score (nSPS) is 13.3. The minimum Gasteiger partial charge on any atom is -0.481 e. The molecule has 1 aromatic carbocycles.